The van der Waals surface area contributed by atoms with Gasteiger partial charge in [-0.3, -0.25) is 0 Å². The molecular weight excluding hydrogens is 278 g/mol. The Bertz CT molecular complexity index is 695. The van der Waals surface area contributed by atoms with E-state index in [1.807, 2.05) is 23.5 Å². The van der Waals surface area contributed by atoms with Gasteiger partial charge < -0.3 is 0 Å². The monoisotopic (exact) mass is 287 g/mol. The number of rotatable bonds is 1. The van der Waals surface area contributed by atoms with E-state index in [-0.39, 0.29) is 0 Å². The Balaban J connectivity index is 1.78. The van der Waals surface area contributed by atoms with E-state index in [1.165, 1.54) is 25.6 Å². The molecule has 0 amide bonds. The number of benzene rings is 2. The number of hydrogen-bond acceptors (Lipinski definition) is 4. The van der Waals surface area contributed by atoms with Crippen LogP contribution in [0.1, 0.15) is 10.3 Å². The van der Waals surface area contributed by atoms with Crippen molar-refractivity contribution in [1.29, 1.82) is 0 Å². The van der Waals surface area contributed by atoms with Gasteiger partial charge >= 0.3 is 0 Å². The van der Waals surface area contributed by atoms with Crippen molar-refractivity contribution in [2.75, 3.05) is 0 Å². The highest BCUT2D eigenvalue weighted by Crippen LogP contribution is 2.57. The second-order valence-corrected chi connectivity index (χ2v) is 7.48. The summed E-state index contributed by atoms with van der Waals surface area (Å²) >= 11 is 5.43. The number of aromatic nitrogens is 1. The summed E-state index contributed by atoms with van der Waals surface area (Å²) in [6.07, 6.45) is 0. The number of nitrogens with zero attached hydrogens (tertiary/aromatic N) is 1. The first-order chi connectivity index (χ1) is 8.92. The van der Waals surface area contributed by atoms with Gasteiger partial charge in [-0.05, 0) is 29.7 Å². The van der Waals surface area contributed by atoms with E-state index in [0.717, 1.165) is 0 Å². The molecule has 0 bridgehead atoms. The molecule has 0 atom stereocenters. The molecule has 0 spiro atoms. The lowest BCUT2D eigenvalue weighted by atomic mass is 10.2. The molecule has 0 radical (unpaired) electrons. The van der Waals surface area contributed by atoms with Gasteiger partial charge in [0.15, 0.2) is 0 Å². The number of thioether (sulfide) groups is 2. The van der Waals surface area contributed by atoms with Gasteiger partial charge in [-0.1, -0.05) is 30.3 Å². The van der Waals surface area contributed by atoms with Crippen molar-refractivity contribution in [3.8, 4) is 0 Å². The molecule has 0 N–H and O–H groups in total. The van der Waals surface area contributed by atoms with Crippen molar-refractivity contribution in [2.24, 2.45) is 0 Å². The van der Waals surface area contributed by atoms with Crippen LogP contribution >= 0.6 is 35.1 Å². The molecule has 0 saturated heterocycles. The van der Waals surface area contributed by atoms with E-state index in [0.29, 0.717) is 4.58 Å². The highest BCUT2D eigenvalue weighted by molar-refractivity contribution is 8.19. The highest BCUT2D eigenvalue weighted by atomic mass is 32.2. The van der Waals surface area contributed by atoms with Crippen LogP contribution in [0, 0.1) is 0 Å². The second-order valence-electron chi connectivity index (χ2n) is 4.08. The molecule has 0 fully saturated rings. The zero-order valence-corrected chi connectivity index (χ0v) is 11.8. The smallest absolute Gasteiger partial charge is 0.103 e. The summed E-state index contributed by atoms with van der Waals surface area (Å²) in [4.78, 5) is 2.76. The van der Waals surface area contributed by atoms with Gasteiger partial charge in [0.25, 0.3) is 0 Å². The van der Waals surface area contributed by atoms with Crippen molar-refractivity contribution in [2.45, 2.75) is 14.4 Å². The van der Waals surface area contributed by atoms with E-state index in [4.69, 9.17) is 0 Å². The molecule has 1 nitrogen and oxygen atoms in total. The third-order valence-corrected chi connectivity index (χ3v) is 6.59. The summed E-state index contributed by atoms with van der Waals surface area (Å²) < 4.78 is 6.34. The molecule has 0 unspecified atom stereocenters. The molecule has 1 aliphatic rings. The molecule has 4 heteroatoms. The maximum absolute atomic E-state index is 4.66. The molecule has 2 heterocycles. The minimum Gasteiger partial charge on any atom is -0.194 e. The van der Waals surface area contributed by atoms with E-state index in [9.17, 15) is 0 Å². The fraction of sp³-hybridized carbons (Fsp3) is 0.0714. The molecule has 1 aromatic heterocycles. The Labute approximate surface area is 118 Å². The van der Waals surface area contributed by atoms with Crippen molar-refractivity contribution in [1.82, 2.24) is 4.37 Å². The molecule has 2 aromatic carbocycles. The van der Waals surface area contributed by atoms with Gasteiger partial charge in [-0.2, -0.15) is 4.37 Å². The molecule has 3 aromatic rings. The summed E-state index contributed by atoms with van der Waals surface area (Å²) in [7, 11) is 0. The molecule has 0 aliphatic carbocycles. The number of hydrogen-bond donors (Lipinski definition) is 0. The first-order valence-corrected chi connectivity index (χ1v) is 8.22. The van der Waals surface area contributed by atoms with Crippen LogP contribution in [0.2, 0.25) is 0 Å². The molecule has 0 saturated carbocycles. The van der Waals surface area contributed by atoms with Crippen LogP contribution in [-0.2, 0) is 0 Å². The van der Waals surface area contributed by atoms with Crippen LogP contribution in [0.25, 0.3) is 10.1 Å². The number of fused-ring (bicyclic) bond motifs is 2. The van der Waals surface area contributed by atoms with Crippen LogP contribution in [0.4, 0.5) is 0 Å². The lowest BCUT2D eigenvalue weighted by Crippen LogP contribution is -1.84. The Morgan fingerprint density at radius 1 is 0.833 bits per heavy atom. The largest absolute Gasteiger partial charge is 0.194 e. The average Bonchev–Trinajstić information content (AvgIpc) is 3.02. The Kier molecular flexibility index (Phi) is 2.60. The zero-order valence-electron chi connectivity index (χ0n) is 9.37. The summed E-state index contributed by atoms with van der Waals surface area (Å²) in [6.45, 7) is 0. The van der Waals surface area contributed by atoms with E-state index in [2.05, 4.69) is 52.9 Å². The molecule has 4 rings (SSSR count). The quantitative estimate of drug-likeness (QED) is 0.611. The zero-order chi connectivity index (χ0) is 11.9. The van der Waals surface area contributed by atoms with Crippen molar-refractivity contribution < 1.29 is 0 Å². The third kappa shape index (κ3) is 1.67. The molecular formula is C14H9NS3. The SMILES string of the molecule is c1ccc2c(c1)SC(c1nsc3ccccc13)S2. The molecule has 1 aliphatic heterocycles. The minimum atomic E-state index is 0.401. The second kappa shape index (κ2) is 4.30. The Hall–Kier alpha value is -0.970. The summed E-state index contributed by atoms with van der Waals surface area (Å²) in [5.41, 5.74) is 1.22. The van der Waals surface area contributed by atoms with Crippen LogP contribution in [-0.4, -0.2) is 4.37 Å². The van der Waals surface area contributed by atoms with Crippen molar-refractivity contribution in [3.05, 3.63) is 54.2 Å². The standard InChI is InChI=1S/C14H9NS3/c1-2-6-10-9(5-1)13(15-18-10)14-16-11-7-3-4-8-12(11)17-14/h1-8,14H. The summed E-state index contributed by atoms with van der Waals surface area (Å²) in [5.74, 6) is 0. The minimum absolute atomic E-state index is 0.401. The van der Waals surface area contributed by atoms with Gasteiger partial charge in [0.2, 0.25) is 0 Å². The maximum Gasteiger partial charge on any atom is 0.103 e. The van der Waals surface area contributed by atoms with E-state index < -0.39 is 0 Å². The molecule has 88 valence electrons. The fourth-order valence-corrected chi connectivity index (χ4v) is 5.86. The third-order valence-electron chi connectivity index (χ3n) is 2.95. The first-order valence-electron chi connectivity index (χ1n) is 5.68. The van der Waals surface area contributed by atoms with Gasteiger partial charge in [-0.15, -0.1) is 23.5 Å². The average molecular weight is 287 g/mol. The first kappa shape index (κ1) is 10.9. The molecule has 18 heavy (non-hydrogen) atoms. The summed E-state index contributed by atoms with van der Waals surface area (Å²) in [5, 5.41) is 1.31. The van der Waals surface area contributed by atoms with Gasteiger partial charge in [0, 0.05) is 15.2 Å². The normalized spacial score (nSPS) is 15.1. The van der Waals surface area contributed by atoms with Crippen molar-refractivity contribution >= 4 is 45.1 Å². The summed E-state index contributed by atoms with van der Waals surface area (Å²) in [6, 6.07) is 17.1. The van der Waals surface area contributed by atoms with Crippen LogP contribution in [0.15, 0.2) is 58.3 Å². The topological polar surface area (TPSA) is 12.9 Å². The van der Waals surface area contributed by atoms with E-state index in [1.54, 1.807) is 11.5 Å². The maximum atomic E-state index is 4.66. The lowest BCUT2D eigenvalue weighted by molar-refractivity contribution is 1.27. The predicted molar refractivity (Wildman–Crippen MR) is 80.5 cm³/mol. The van der Waals surface area contributed by atoms with Crippen molar-refractivity contribution in [3.63, 3.8) is 0 Å². The Morgan fingerprint density at radius 2 is 1.50 bits per heavy atom. The van der Waals surface area contributed by atoms with Gasteiger partial charge in [0.05, 0.1) is 10.4 Å². The lowest BCUT2D eigenvalue weighted by Gasteiger charge is -2.04. The van der Waals surface area contributed by atoms with Crippen LogP contribution in [0.5, 0.6) is 0 Å². The Morgan fingerprint density at radius 3 is 2.28 bits per heavy atom. The van der Waals surface area contributed by atoms with Crippen LogP contribution < -0.4 is 0 Å². The van der Waals surface area contributed by atoms with Gasteiger partial charge in [-0.25, -0.2) is 0 Å². The highest BCUT2D eigenvalue weighted by Gasteiger charge is 2.27. The van der Waals surface area contributed by atoms with Crippen LogP contribution in [0.3, 0.4) is 0 Å². The fourth-order valence-electron chi connectivity index (χ4n) is 2.09. The van der Waals surface area contributed by atoms with Gasteiger partial charge in [0.1, 0.15) is 4.58 Å². The predicted octanol–water partition coefficient (Wildman–Crippen LogP) is 5.19. The van der Waals surface area contributed by atoms with E-state index >= 15 is 0 Å².